The smallest absolute Gasteiger partial charge is 0.288 e. The highest BCUT2D eigenvalue weighted by molar-refractivity contribution is 7.14. The van der Waals surface area contributed by atoms with Gasteiger partial charge in [-0.3, -0.25) is 4.79 Å². The summed E-state index contributed by atoms with van der Waals surface area (Å²) in [5.41, 5.74) is -1.78. The number of hydrogen-bond donors (Lipinski definition) is 0. The summed E-state index contributed by atoms with van der Waals surface area (Å²) in [5.74, 6) is -1.69. The van der Waals surface area contributed by atoms with Crippen LogP contribution < -0.4 is 0 Å². The molecule has 100 valence electrons. The molecule has 0 aliphatic heterocycles. The zero-order chi connectivity index (χ0) is 14.2. The van der Waals surface area contributed by atoms with Crippen molar-refractivity contribution >= 4 is 17.1 Å². The fourth-order valence-electron chi connectivity index (χ4n) is 1.64. The van der Waals surface area contributed by atoms with Gasteiger partial charge in [-0.2, -0.15) is 13.2 Å². The number of ketones is 1. The van der Waals surface area contributed by atoms with Gasteiger partial charge in [0.1, 0.15) is 5.82 Å². The van der Waals surface area contributed by atoms with E-state index in [0.717, 1.165) is 16.2 Å². The number of carbonyl (C=O) groups is 1. The molecule has 0 spiro atoms. The van der Waals surface area contributed by atoms with Crippen LogP contribution in [0.2, 0.25) is 0 Å². The molecular formula is C13H8F4OS. The zero-order valence-electron chi connectivity index (χ0n) is 9.72. The van der Waals surface area contributed by atoms with Gasteiger partial charge in [0, 0.05) is 10.4 Å². The predicted molar refractivity (Wildman–Crippen MR) is 63.9 cm³/mol. The van der Waals surface area contributed by atoms with Gasteiger partial charge < -0.3 is 0 Å². The molecular weight excluding hydrogens is 280 g/mol. The standard InChI is InChI=1S/C13H8F4OS/c1-7-2-5-11(19-7)12(18)9-6-8(14)3-4-10(9)13(15,16)17/h2-6H,1H3. The van der Waals surface area contributed by atoms with Gasteiger partial charge in [-0.15, -0.1) is 11.3 Å². The molecule has 0 radical (unpaired) electrons. The van der Waals surface area contributed by atoms with Crippen LogP contribution >= 0.6 is 11.3 Å². The number of alkyl halides is 3. The predicted octanol–water partition coefficient (Wildman–Crippen LogP) is 4.45. The van der Waals surface area contributed by atoms with E-state index in [-0.39, 0.29) is 4.88 Å². The van der Waals surface area contributed by atoms with Gasteiger partial charge in [0.25, 0.3) is 0 Å². The van der Waals surface area contributed by atoms with E-state index in [1.165, 1.54) is 6.07 Å². The SMILES string of the molecule is Cc1ccc(C(=O)c2cc(F)ccc2C(F)(F)F)s1. The van der Waals surface area contributed by atoms with Crippen molar-refractivity contribution in [3.63, 3.8) is 0 Å². The van der Waals surface area contributed by atoms with Crippen molar-refractivity contribution in [2.24, 2.45) is 0 Å². The maximum atomic E-state index is 13.1. The van der Waals surface area contributed by atoms with Gasteiger partial charge in [0.15, 0.2) is 0 Å². The summed E-state index contributed by atoms with van der Waals surface area (Å²) in [7, 11) is 0. The van der Waals surface area contributed by atoms with Gasteiger partial charge in [-0.25, -0.2) is 4.39 Å². The first kappa shape index (κ1) is 13.7. The molecule has 1 aromatic carbocycles. The Labute approximate surface area is 110 Å². The van der Waals surface area contributed by atoms with Crippen molar-refractivity contribution in [3.8, 4) is 0 Å². The van der Waals surface area contributed by atoms with Crippen molar-refractivity contribution in [1.82, 2.24) is 0 Å². The highest BCUT2D eigenvalue weighted by Crippen LogP contribution is 2.34. The van der Waals surface area contributed by atoms with Crippen LogP contribution in [0.15, 0.2) is 30.3 Å². The first-order valence-electron chi connectivity index (χ1n) is 5.27. The molecule has 0 fully saturated rings. The summed E-state index contributed by atoms with van der Waals surface area (Å²) >= 11 is 1.08. The van der Waals surface area contributed by atoms with Crippen molar-refractivity contribution in [2.75, 3.05) is 0 Å². The molecule has 1 nitrogen and oxygen atoms in total. The van der Waals surface area contributed by atoms with Gasteiger partial charge in [0.2, 0.25) is 5.78 Å². The van der Waals surface area contributed by atoms with Crippen molar-refractivity contribution in [2.45, 2.75) is 13.1 Å². The Morgan fingerprint density at radius 1 is 1.16 bits per heavy atom. The molecule has 0 atom stereocenters. The molecule has 0 aliphatic carbocycles. The van der Waals surface area contributed by atoms with Crippen LogP contribution in [-0.2, 0) is 6.18 Å². The van der Waals surface area contributed by atoms with E-state index in [0.29, 0.717) is 18.2 Å². The lowest BCUT2D eigenvalue weighted by atomic mass is 10.0. The van der Waals surface area contributed by atoms with Crippen LogP contribution in [0.25, 0.3) is 0 Å². The third-order valence-electron chi connectivity index (χ3n) is 2.50. The normalized spacial score (nSPS) is 11.6. The molecule has 0 N–H and O–H groups in total. The largest absolute Gasteiger partial charge is 0.417 e. The van der Waals surface area contributed by atoms with E-state index in [1.807, 2.05) is 0 Å². The number of benzene rings is 1. The topological polar surface area (TPSA) is 17.1 Å². The molecule has 0 saturated heterocycles. The summed E-state index contributed by atoms with van der Waals surface area (Å²) in [6, 6.07) is 4.97. The van der Waals surface area contributed by atoms with Crippen LogP contribution in [0.5, 0.6) is 0 Å². The summed E-state index contributed by atoms with van der Waals surface area (Å²) in [4.78, 5) is 13.0. The monoisotopic (exact) mass is 288 g/mol. The minimum absolute atomic E-state index is 0.161. The lowest BCUT2D eigenvalue weighted by Crippen LogP contribution is -2.13. The Morgan fingerprint density at radius 3 is 2.37 bits per heavy atom. The number of aryl methyl sites for hydroxylation is 1. The highest BCUT2D eigenvalue weighted by atomic mass is 32.1. The van der Waals surface area contributed by atoms with Crippen LogP contribution in [0.4, 0.5) is 17.6 Å². The maximum Gasteiger partial charge on any atom is 0.417 e. The number of hydrogen-bond acceptors (Lipinski definition) is 2. The van der Waals surface area contributed by atoms with Crippen molar-refractivity contribution in [1.29, 1.82) is 0 Å². The van der Waals surface area contributed by atoms with Crippen molar-refractivity contribution < 1.29 is 22.4 Å². The molecule has 0 aliphatic rings. The van der Waals surface area contributed by atoms with Crippen LogP contribution in [0.3, 0.4) is 0 Å². The van der Waals surface area contributed by atoms with Crippen molar-refractivity contribution in [3.05, 3.63) is 57.0 Å². The summed E-state index contributed by atoms with van der Waals surface area (Å²) < 4.78 is 51.5. The van der Waals surface area contributed by atoms with Crippen LogP contribution in [0, 0.1) is 12.7 Å². The Morgan fingerprint density at radius 2 is 1.84 bits per heavy atom. The van der Waals surface area contributed by atoms with Gasteiger partial charge >= 0.3 is 6.18 Å². The van der Waals surface area contributed by atoms with E-state index in [1.54, 1.807) is 13.0 Å². The van der Waals surface area contributed by atoms with Gasteiger partial charge in [-0.05, 0) is 37.3 Å². The summed E-state index contributed by atoms with van der Waals surface area (Å²) in [6.45, 7) is 1.73. The molecule has 0 unspecified atom stereocenters. The third kappa shape index (κ3) is 2.84. The number of rotatable bonds is 2. The lowest BCUT2D eigenvalue weighted by molar-refractivity contribution is -0.137. The van der Waals surface area contributed by atoms with E-state index < -0.39 is 28.9 Å². The molecule has 0 amide bonds. The average molecular weight is 288 g/mol. The molecule has 6 heteroatoms. The first-order valence-corrected chi connectivity index (χ1v) is 6.08. The molecule has 0 saturated carbocycles. The second-order valence-corrected chi connectivity index (χ2v) is 5.21. The number of halogens is 4. The Kier molecular flexibility index (Phi) is 3.45. The second-order valence-electron chi connectivity index (χ2n) is 3.93. The van der Waals surface area contributed by atoms with E-state index >= 15 is 0 Å². The number of thiophene rings is 1. The van der Waals surface area contributed by atoms with Crippen LogP contribution in [0.1, 0.15) is 25.7 Å². The minimum Gasteiger partial charge on any atom is -0.288 e. The molecule has 1 heterocycles. The lowest BCUT2D eigenvalue weighted by Gasteiger charge is -2.11. The number of carbonyl (C=O) groups excluding carboxylic acids is 1. The molecule has 1 aromatic heterocycles. The Balaban J connectivity index is 2.55. The van der Waals surface area contributed by atoms with Gasteiger partial charge in [0.05, 0.1) is 10.4 Å². The van der Waals surface area contributed by atoms with Crippen LogP contribution in [-0.4, -0.2) is 5.78 Å². The Hall–Kier alpha value is -1.69. The third-order valence-corrected chi connectivity index (χ3v) is 3.50. The Bertz CT molecular complexity index is 628. The van der Waals surface area contributed by atoms with Gasteiger partial charge in [-0.1, -0.05) is 0 Å². The molecule has 19 heavy (non-hydrogen) atoms. The summed E-state index contributed by atoms with van der Waals surface area (Å²) in [6.07, 6.45) is -4.69. The van der Waals surface area contributed by atoms with E-state index in [9.17, 15) is 22.4 Å². The second kappa shape index (κ2) is 4.77. The first-order chi connectivity index (χ1) is 8.79. The quantitative estimate of drug-likeness (QED) is 0.589. The zero-order valence-corrected chi connectivity index (χ0v) is 10.5. The minimum atomic E-state index is -4.69. The highest BCUT2D eigenvalue weighted by Gasteiger charge is 2.35. The maximum absolute atomic E-state index is 13.1. The molecule has 0 bridgehead atoms. The fourth-order valence-corrected chi connectivity index (χ4v) is 2.46. The molecule has 2 rings (SSSR count). The van der Waals surface area contributed by atoms with E-state index in [2.05, 4.69) is 0 Å². The molecule has 2 aromatic rings. The van der Waals surface area contributed by atoms with E-state index in [4.69, 9.17) is 0 Å². The summed E-state index contributed by atoms with van der Waals surface area (Å²) in [5, 5.41) is 0. The average Bonchev–Trinajstić information content (AvgIpc) is 2.73. The fraction of sp³-hybridized carbons (Fsp3) is 0.154.